The van der Waals surface area contributed by atoms with Crippen molar-refractivity contribution in [2.45, 2.75) is 32.7 Å². The Labute approximate surface area is 119 Å². The zero-order valence-corrected chi connectivity index (χ0v) is 12.4. The first-order valence-electron chi connectivity index (χ1n) is 7.05. The van der Waals surface area contributed by atoms with Crippen molar-refractivity contribution in [3.05, 3.63) is 29.0 Å². The van der Waals surface area contributed by atoms with Crippen LogP contribution in [0, 0.1) is 11.7 Å². The van der Waals surface area contributed by atoms with Crippen LogP contribution in [0.25, 0.3) is 0 Å². The van der Waals surface area contributed by atoms with Gasteiger partial charge in [-0.25, -0.2) is 4.39 Å². The van der Waals surface area contributed by atoms with Crippen molar-refractivity contribution in [2.75, 3.05) is 24.5 Å². The number of rotatable bonds is 3. The molecule has 1 fully saturated rings. The summed E-state index contributed by atoms with van der Waals surface area (Å²) < 4.78 is 13.4. The molecular formula is C15H22ClFN2. The maximum Gasteiger partial charge on any atom is 0.125 e. The summed E-state index contributed by atoms with van der Waals surface area (Å²) in [6.07, 6.45) is 2.20. The van der Waals surface area contributed by atoms with Crippen molar-refractivity contribution in [2.24, 2.45) is 5.92 Å². The average Bonchev–Trinajstić information content (AvgIpc) is 2.66. The number of halogens is 2. The first kappa shape index (κ1) is 14.6. The third-order valence-corrected chi connectivity index (χ3v) is 4.33. The topological polar surface area (TPSA) is 15.3 Å². The zero-order chi connectivity index (χ0) is 13.8. The number of nitrogens with one attached hydrogen (secondary N) is 1. The van der Waals surface area contributed by atoms with Crippen LogP contribution in [-0.2, 0) is 0 Å². The molecule has 1 aliphatic rings. The van der Waals surface area contributed by atoms with E-state index in [-0.39, 0.29) is 5.82 Å². The molecule has 0 spiro atoms. The molecule has 19 heavy (non-hydrogen) atoms. The fraction of sp³-hybridized carbons (Fsp3) is 0.600. The minimum atomic E-state index is -0.225. The predicted octanol–water partition coefficient (Wildman–Crippen LogP) is 3.69. The molecule has 1 aromatic carbocycles. The van der Waals surface area contributed by atoms with Gasteiger partial charge in [0.05, 0.1) is 10.7 Å². The van der Waals surface area contributed by atoms with Crippen LogP contribution in [0.4, 0.5) is 10.1 Å². The lowest BCUT2D eigenvalue weighted by molar-refractivity contribution is 0.384. The summed E-state index contributed by atoms with van der Waals surface area (Å²) in [5, 5.41) is 4.22. The van der Waals surface area contributed by atoms with Crippen LogP contribution in [-0.4, -0.2) is 25.7 Å². The number of nitrogens with zero attached hydrogens (tertiary/aromatic N) is 1. The van der Waals surface area contributed by atoms with Gasteiger partial charge in [-0.3, -0.25) is 0 Å². The number of hydrogen-bond donors (Lipinski definition) is 1. The molecule has 0 amide bonds. The lowest BCUT2D eigenvalue weighted by Gasteiger charge is -2.30. The normalized spacial score (nSPS) is 22.1. The fourth-order valence-electron chi connectivity index (χ4n) is 2.56. The molecule has 4 heteroatoms. The van der Waals surface area contributed by atoms with E-state index >= 15 is 0 Å². The van der Waals surface area contributed by atoms with E-state index in [0.29, 0.717) is 17.0 Å². The van der Waals surface area contributed by atoms with Gasteiger partial charge in [0, 0.05) is 19.1 Å². The third kappa shape index (κ3) is 3.61. The van der Waals surface area contributed by atoms with Gasteiger partial charge in [-0.15, -0.1) is 0 Å². The molecular weight excluding hydrogens is 263 g/mol. The molecule has 2 atom stereocenters. The molecule has 1 saturated heterocycles. The van der Waals surface area contributed by atoms with Crippen molar-refractivity contribution in [3.63, 3.8) is 0 Å². The maximum absolute atomic E-state index is 13.4. The van der Waals surface area contributed by atoms with Gasteiger partial charge < -0.3 is 10.2 Å². The van der Waals surface area contributed by atoms with Crippen molar-refractivity contribution in [1.82, 2.24) is 5.32 Å². The van der Waals surface area contributed by atoms with Crippen LogP contribution in [0.3, 0.4) is 0 Å². The largest absolute Gasteiger partial charge is 0.369 e. The van der Waals surface area contributed by atoms with Crippen LogP contribution in [0.2, 0.25) is 5.02 Å². The quantitative estimate of drug-likeness (QED) is 0.911. The summed E-state index contributed by atoms with van der Waals surface area (Å²) in [6.45, 7) is 7.28. The second-order valence-corrected chi connectivity index (χ2v) is 5.75. The summed E-state index contributed by atoms with van der Waals surface area (Å²) in [4.78, 5) is 2.21. The molecule has 2 unspecified atom stereocenters. The predicted molar refractivity (Wildman–Crippen MR) is 79.5 cm³/mol. The molecule has 1 aliphatic heterocycles. The summed E-state index contributed by atoms with van der Waals surface area (Å²) >= 11 is 6.22. The van der Waals surface area contributed by atoms with Crippen LogP contribution in [0.15, 0.2) is 18.2 Å². The van der Waals surface area contributed by atoms with Gasteiger partial charge in [0.15, 0.2) is 0 Å². The highest BCUT2D eigenvalue weighted by atomic mass is 35.5. The Kier molecular flexibility index (Phi) is 5.06. The van der Waals surface area contributed by atoms with Gasteiger partial charge in [-0.2, -0.15) is 0 Å². The highest BCUT2D eigenvalue weighted by molar-refractivity contribution is 6.33. The SMILES string of the molecule is CCC(C)C1CN(c2cc(F)ccc2Cl)CCCN1. The third-order valence-electron chi connectivity index (χ3n) is 4.01. The van der Waals surface area contributed by atoms with Crippen molar-refractivity contribution in [1.29, 1.82) is 0 Å². The maximum atomic E-state index is 13.4. The van der Waals surface area contributed by atoms with Crippen molar-refractivity contribution >= 4 is 17.3 Å². The molecule has 0 bridgehead atoms. The molecule has 106 valence electrons. The van der Waals surface area contributed by atoms with Gasteiger partial charge in [-0.05, 0) is 37.1 Å². The van der Waals surface area contributed by atoms with Crippen LogP contribution < -0.4 is 10.2 Å². The average molecular weight is 285 g/mol. The minimum absolute atomic E-state index is 0.225. The second-order valence-electron chi connectivity index (χ2n) is 5.34. The van der Waals surface area contributed by atoms with Gasteiger partial charge in [0.25, 0.3) is 0 Å². The monoisotopic (exact) mass is 284 g/mol. The molecule has 1 heterocycles. The second kappa shape index (κ2) is 6.58. The van der Waals surface area contributed by atoms with Crippen LogP contribution in [0.1, 0.15) is 26.7 Å². The number of benzene rings is 1. The molecule has 0 aromatic heterocycles. The molecule has 1 aromatic rings. The Bertz CT molecular complexity index is 425. The molecule has 0 aliphatic carbocycles. The van der Waals surface area contributed by atoms with Gasteiger partial charge in [0.2, 0.25) is 0 Å². The summed E-state index contributed by atoms with van der Waals surface area (Å²) in [5.74, 6) is 0.379. The molecule has 1 N–H and O–H groups in total. The van der Waals surface area contributed by atoms with E-state index < -0.39 is 0 Å². The number of anilines is 1. The Morgan fingerprint density at radius 3 is 3.05 bits per heavy atom. The van der Waals surface area contributed by atoms with E-state index in [1.54, 1.807) is 12.1 Å². The van der Waals surface area contributed by atoms with E-state index in [9.17, 15) is 4.39 Å². The van der Waals surface area contributed by atoms with E-state index in [4.69, 9.17) is 11.6 Å². The lowest BCUT2D eigenvalue weighted by Crippen LogP contribution is -2.42. The van der Waals surface area contributed by atoms with Gasteiger partial charge in [0.1, 0.15) is 5.82 Å². The Hall–Kier alpha value is -0.800. The molecule has 0 saturated carbocycles. The van der Waals surface area contributed by atoms with Crippen LogP contribution >= 0.6 is 11.6 Å². The summed E-state index contributed by atoms with van der Waals surface area (Å²) in [6, 6.07) is 5.03. The first-order chi connectivity index (χ1) is 9.11. The van der Waals surface area contributed by atoms with Gasteiger partial charge in [-0.1, -0.05) is 31.9 Å². The van der Waals surface area contributed by atoms with Gasteiger partial charge >= 0.3 is 0 Å². The Balaban J connectivity index is 2.20. The lowest BCUT2D eigenvalue weighted by atomic mass is 9.99. The molecule has 0 radical (unpaired) electrons. The summed E-state index contributed by atoms with van der Waals surface area (Å²) in [5.41, 5.74) is 0.818. The van der Waals surface area contributed by atoms with Crippen molar-refractivity contribution < 1.29 is 4.39 Å². The Morgan fingerprint density at radius 2 is 2.32 bits per heavy atom. The van der Waals surface area contributed by atoms with E-state index in [2.05, 4.69) is 24.1 Å². The molecule has 2 rings (SSSR count). The van der Waals surface area contributed by atoms with Crippen molar-refractivity contribution in [3.8, 4) is 0 Å². The molecule has 2 nitrogen and oxygen atoms in total. The van der Waals surface area contributed by atoms with E-state index in [1.165, 1.54) is 6.07 Å². The minimum Gasteiger partial charge on any atom is -0.369 e. The smallest absolute Gasteiger partial charge is 0.125 e. The fourth-order valence-corrected chi connectivity index (χ4v) is 2.80. The highest BCUT2D eigenvalue weighted by Crippen LogP contribution is 2.28. The number of hydrogen-bond acceptors (Lipinski definition) is 2. The first-order valence-corrected chi connectivity index (χ1v) is 7.43. The van der Waals surface area contributed by atoms with E-state index in [0.717, 1.165) is 38.2 Å². The highest BCUT2D eigenvalue weighted by Gasteiger charge is 2.23. The van der Waals surface area contributed by atoms with E-state index in [1.807, 2.05) is 0 Å². The van der Waals surface area contributed by atoms with Crippen LogP contribution in [0.5, 0.6) is 0 Å². The Morgan fingerprint density at radius 1 is 1.53 bits per heavy atom. The standard InChI is InChI=1S/C15H22ClFN2/c1-3-11(2)14-10-19(8-4-7-18-14)15-9-12(17)5-6-13(15)16/h5-6,9,11,14,18H,3-4,7-8,10H2,1-2H3. The zero-order valence-electron chi connectivity index (χ0n) is 11.6. The summed E-state index contributed by atoms with van der Waals surface area (Å²) in [7, 11) is 0.